The lowest BCUT2D eigenvalue weighted by Crippen LogP contribution is -2.19. The average Bonchev–Trinajstić information content (AvgIpc) is 2.48. The topological polar surface area (TPSA) is 43.1 Å². The Hall–Kier alpha value is -2.35. The summed E-state index contributed by atoms with van der Waals surface area (Å²) < 4.78 is 0. The molecule has 0 amide bonds. The van der Waals surface area contributed by atoms with E-state index in [1.165, 1.54) is 11.1 Å². The van der Waals surface area contributed by atoms with Crippen molar-refractivity contribution in [2.24, 2.45) is 11.7 Å². The molecule has 108 valence electrons. The number of hydrogen-bond acceptors (Lipinski definition) is 2. The highest BCUT2D eigenvalue weighted by atomic mass is 16.1. The van der Waals surface area contributed by atoms with Crippen LogP contribution in [0.15, 0.2) is 72.4 Å². The second-order valence-electron chi connectivity index (χ2n) is 5.37. The van der Waals surface area contributed by atoms with E-state index in [0.717, 1.165) is 12.8 Å². The van der Waals surface area contributed by atoms with Crippen LogP contribution in [0.5, 0.6) is 0 Å². The third kappa shape index (κ3) is 4.92. The van der Waals surface area contributed by atoms with Crippen LogP contribution in [0.1, 0.15) is 18.1 Å². The fourth-order valence-corrected chi connectivity index (χ4v) is 2.41. The number of hydrogen-bond donors (Lipinski definition) is 1. The molecule has 0 saturated heterocycles. The van der Waals surface area contributed by atoms with E-state index in [1.807, 2.05) is 36.4 Å². The van der Waals surface area contributed by atoms with Gasteiger partial charge in [0.2, 0.25) is 0 Å². The highest BCUT2D eigenvalue weighted by molar-refractivity contribution is 5.92. The van der Waals surface area contributed by atoms with E-state index in [2.05, 4.69) is 24.3 Å². The Kier molecular flexibility index (Phi) is 5.33. The van der Waals surface area contributed by atoms with E-state index in [-0.39, 0.29) is 11.7 Å². The zero-order valence-electron chi connectivity index (χ0n) is 12.3. The summed E-state index contributed by atoms with van der Waals surface area (Å²) >= 11 is 0. The molecule has 2 rings (SSSR count). The second-order valence-corrected chi connectivity index (χ2v) is 5.37. The normalized spacial score (nSPS) is 11.6. The second kappa shape index (κ2) is 7.44. The standard InChI is InChI=1S/C19H21NO/c1-15(20)12-19(21)18(13-16-8-4-2-5-9-16)14-17-10-6-3-7-11-17/h2-12,18H,13-14,20H2,1H3/b15-12-. The van der Waals surface area contributed by atoms with Crippen LogP contribution in [-0.4, -0.2) is 5.78 Å². The van der Waals surface area contributed by atoms with Crippen molar-refractivity contribution in [3.63, 3.8) is 0 Å². The van der Waals surface area contributed by atoms with E-state index >= 15 is 0 Å². The first-order valence-electron chi connectivity index (χ1n) is 7.20. The Morgan fingerprint density at radius 1 is 0.952 bits per heavy atom. The quantitative estimate of drug-likeness (QED) is 0.822. The Labute approximate surface area is 126 Å². The molecule has 0 bridgehead atoms. The summed E-state index contributed by atoms with van der Waals surface area (Å²) in [6, 6.07) is 20.2. The van der Waals surface area contributed by atoms with Gasteiger partial charge >= 0.3 is 0 Å². The van der Waals surface area contributed by atoms with E-state index in [1.54, 1.807) is 13.0 Å². The molecule has 2 N–H and O–H groups in total. The molecule has 0 atom stereocenters. The Balaban J connectivity index is 2.18. The minimum atomic E-state index is -0.0756. The van der Waals surface area contributed by atoms with E-state index < -0.39 is 0 Å². The molecule has 2 aromatic rings. The monoisotopic (exact) mass is 279 g/mol. The lowest BCUT2D eigenvalue weighted by atomic mass is 9.89. The van der Waals surface area contributed by atoms with Crippen molar-refractivity contribution < 1.29 is 4.79 Å². The molecule has 0 radical (unpaired) electrons. The van der Waals surface area contributed by atoms with Crippen molar-refractivity contribution in [1.29, 1.82) is 0 Å². The maximum atomic E-state index is 12.4. The van der Waals surface area contributed by atoms with E-state index in [4.69, 9.17) is 5.73 Å². The molecule has 0 aliphatic rings. The molecule has 2 heteroatoms. The summed E-state index contributed by atoms with van der Waals surface area (Å²) in [5.41, 5.74) is 8.57. The number of rotatable bonds is 6. The van der Waals surface area contributed by atoms with Crippen molar-refractivity contribution in [3.8, 4) is 0 Å². The summed E-state index contributed by atoms with van der Waals surface area (Å²) in [7, 11) is 0. The van der Waals surface area contributed by atoms with Crippen molar-refractivity contribution >= 4 is 5.78 Å². The number of carbonyl (C=O) groups excluding carboxylic acids is 1. The molecule has 2 aromatic carbocycles. The van der Waals surface area contributed by atoms with Gasteiger partial charge in [-0.3, -0.25) is 4.79 Å². The van der Waals surface area contributed by atoms with Crippen molar-refractivity contribution in [2.75, 3.05) is 0 Å². The van der Waals surface area contributed by atoms with Crippen LogP contribution in [0.25, 0.3) is 0 Å². The van der Waals surface area contributed by atoms with Gasteiger partial charge in [0.15, 0.2) is 5.78 Å². The molecule has 0 aliphatic carbocycles. The van der Waals surface area contributed by atoms with Crippen LogP contribution < -0.4 is 5.73 Å². The van der Waals surface area contributed by atoms with Crippen molar-refractivity contribution in [2.45, 2.75) is 19.8 Å². The van der Waals surface area contributed by atoms with Gasteiger partial charge in [-0.2, -0.15) is 0 Å². The van der Waals surface area contributed by atoms with Gasteiger partial charge in [-0.05, 0) is 37.0 Å². The Morgan fingerprint density at radius 3 is 1.76 bits per heavy atom. The largest absolute Gasteiger partial charge is 0.402 e. The molecule has 0 heterocycles. The van der Waals surface area contributed by atoms with Gasteiger partial charge in [0.25, 0.3) is 0 Å². The van der Waals surface area contributed by atoms with Crippen LogP contribution in [0.3, 0.4) is 0 Å². The molecule has 0 unspecified atom stereocenters. The lowest BCUT2D eigenvalue weighted by Gasteiger charge is -2.14. The molecule has 21 heavy (non-hydrogen) atoms. The van der Waals surface area contributed by atoms with Crippen molar-refractivity contribution in [3.05, 3.63) is 83.6 Å². The molecule has 0 spiro atoms. The van der Waals surface area contributed by atoms with Gasteiger partial charge in [0, 0.05) is 11.6 Å². The fraction of sp³-hybridized carbons (Fsp3) is 0.211. The predicted octanol–water partition coefficient (Wildman–Crippen LogP) is 3.52. The van der Waals surface area contributed by atoms with Gasteiger partial charge in [-0.15, -0.1) is 0 Å². The van der Waals surface area contributed by atoms with E-state index in [0.29, 0.717) is 5.70 Å². The highest BCUT2D eigenvalue weighted by Gasteiger charge is 2.17. The first-order chi connectivity index (χ1) is 10.1. The molecule has 0 saturated carbocycles. The fourth-order valence-electron chi connectivity index (χ4n) is 2.41. The first-order valence-corrected chi connectivity index (χ1v) is 7.20. The Morgan fingerprint density at radius 2 is 1.38 bits per heavy atom. The van der Waals surface area contributed by atoms with Crippen molar-refractivity contribution in [1.82, 2.24) is 0 Å². The highest BCUT2D eigenvalue weighted by Crippen LogP contribution is 2.17. The smallest absolute Gasteiger partial charge is 0.161 e. The molecule has 0 aromatic heterocycles. The van der Waals surface area contributed by atoms with Crippen LogP contribution in [0, 0.1) is 5.92 Å². The van der Waals surface area contributed by atoms with Gasteiger partial charge < -0.3 is 5.73 Å². The molecular formula is C19H21NO. The third-order valence-electron chi connectivity index (χ3n) is 3.42. The maximum absolute atomic E-state index is 12.4. The Bertz CT molecular complexity index is 556. The molecular weight excluding hydrogens is 258 g/mol. The zero-order chi connectivity index (χ0) is 15.1. The summed E-state index contributed by atoms with van der Waals surface area (Å²) in [6.45, 7) is 1.75. The number of ketones is 1. The number of benzene rings is 2. The van der Waals surface area contributed by atoms with Crippen LogP contribution in [0.2, 0.25) is 0 Å². The summed E-state index contributed by atoms with van der Waals surface area (Å²) in [6.07, 6.45) is 3.02. The third-order valence-corrected chi connectivity index (χ3v) is 3.42. The first kappa shape index (κ1) is 15.0. The molecule has 0 fully saturated rings. The maximum Gasteiger partial charge on any atom is 0.161 e. The molecule has 2 nitrogen and oxygen atoms in total. The van der Waals surface area contributed by atoms with Crippen LogP contribution in [-0.2, 0) is 17.6 Å². The predicted molar refractivity (Wildman–Crippen MR) is 86.7 cm³/mol. The van der Waals surface area contributed by atoms with Crippen LogP contribution in [0.4, 0.5) is 0 Å². The van der Waals surface area contributed by atoms with E-state index in [9.17, 15) is 4.79 Å². The van der Waals surface area contributed by atoms with Crippen LogP contribution >= 0.6 is 0 Å². The number of allylic oxidation sites excluding steroid dienone is 2. The van der Waals surface area contributed by atoms with Gasteiger partial charge in [0.1, 0.15) is 0 Å². The SMILES string of the molecule is C/C(N)=C/C(=O)C(Cc1ccccc1)Cc1ccccc1. The van der Waals surface area contributed by atoms with Gasteiger partial charge in [-0.25, -0.2) is 0 Å². The lowest BCUT2D eigenvalue weighted by molar-refractivity contribution is -0.118. The molecule has 0 aliphatic heterocycles. The average molecular weight is 279 g/mol. The number of nitrogens with two attached hydrogens (primary N) is 1. The minimum absolute atomic E-state index is 0.0756. The zero-order valence-corrected chi connectivity index (χ0v) is 12.3. The summed E-state index contributed by atoms with van der Waals surface area (Å²) in [5.74, 6) is 0.0241. The minimum Gasteiger partial charge on any atom is -0.402 e. The van der Waals surface area contributed by atoms with Gasteiger partial charge in [0.05, 0.1) is 0 Å². The summed E-state index contributed by atoms with van der Waals surface area (Å²) in [5, 5.41) is 0. The summed E-state index contributed by atoms with van der Waals surface area (Å²) in [4.78, 5) is 12.4. The number of carbonyl (C=O) groups is 1. The van der Waals surface area contributed by atoms with Gasteiger partial charge in [-0.1, -0.05) is 60.7 Å².